The number of carbonyl (C=O) groups is 2. The SMILES string of the molecule is C[C@H](CCc1ccccc1)NC(=O)CNC(=O)c1ccccc1Br. The standard InChI is InChI=1S/C19H21BrN2O2/c1-14(11-12-15-7-3-2-4-8-15)22-18(23)13-21-19(24)16-9-5-6-10-17(16)20/h2-10,14H,11-13H2,1H3,(H,21,24)(H,22,23)/t14-/m1/s1. The Balaban J connectivity index is 1.72. The van der Waals surface area contributed by atoms with E-state index in [0.29, 0.717) is 10.0 Å². The van der Waals surface area contributed by atoms with Crippen LogP contribution in [0.5, 0.6) is 0 Å². The number of hydrogen-bond acceptors (Lipinski definition) is 2. The fourth-order valence-corrected chi connectivity index (χ4v) is 2.79. The average Bonchev–Trinajstić information content (AvgIpc) is 2.59. The van der Waals surface area contributed by atoms with E-state index in [-0.39, 0.29) is 24.4 Å². The van der Waals surface area contributed by atoms with E-state index < -0.39 is 0 Å². The lowest BCUT2D eigenvalue weighted by Gasteiger charge is -2.14. The molecular weight excluding hydrogens is 368 g/mol. The van der Waals surface area contributed by atoms with Gasteiger partial charge < -0.3 is 10.6 Å². The van der Waals surface area contributed by atoms with Gasteiger partial charge in [-0.15, -0.1) is 0 Å². The van der Waals surface area contributed by atoms with Crippen molar-refractivity contribution in [2.75, 3.05) is 6.54 Å². The van der Waals surface area contributed by atoms with E-state index in [0.717, 1.165) is 12.8 Å². The van der Waals surface area contributed by atoms with Gasteiger partial charge in [0.15, 0.2) is 0 Å². The maximum Gasteiger partial charge on any atom is 0.252 e. The number of nitrogens with one attached hydrogen (secondary N) is 2. The van der Waals surface area contributed by atoms with Gasteiger partial charge in [0.05, 0.1) is 12.1 Å². The van der Waals surface area contributed by atoms with E-state index in [1.54, 1.807) is 18.2 Å². The third kappa shape index (κ3) is 5.81. The molecule has 0 aliphatic heterocycles. The lowest BCUT2D eigenvalue weighted by atomic mass is 10.1. The van der Waals surface area contributed by atoms with E-state index in [9.17, 15) is 9.59 Å². The third-order valence-corrected chi connectivity index (χ3v) is 4.34. The quantitative estimate of drug-likeness (QED) is 0.764. The molecule has 2 rings (SSSR count). The van der Waals surface area contributed by atoms with E-state index in [1.165, 1.54) is 5.56 Å². The molecule has 2 N–H and O–H groups in total. The topological polar surface area (TPSA) is 58.2 Å². The van der Waals surface area contributed by atoms with Gasteiger partial charge in [0.1, 0.15) is 0 Å². The van der Waals surface area contributed by atoms with Crippen molar-refractivity contribution in [3.05, 3.63) is 70.2 Å². The van der Waals surface area contributed by atoms with Crippen LogP contribution >= 0.6 is 15.9 Å². The van der Waals surface area contributed by atoms with Crippen LogP contribution in [0.2, 0.25) is 0 Å². The van der Waals surface area contributed by atoms with E-state index in [2.05, 4.69) is 38.7 Å². The van der Waals surface area contributed by atoms with Gasteiger partial charge in [-0.05, 0) is 53.4 Å². The van der Waals surface area contributed by atoms with Crippen LogP contribution in [0.25, 0.3) is 0 Å². The predicted molar refractivity (Wildman–Crippen MR) is 98.8 cm³/mol. The van der Waals surface area contributed by atoms with Crippen molar-refractivity contribution >= 4 is 27.7 Å². The fourth-order valence-electron chi connectivity index (χ4n) is 2.33. The van der Waals surface area contributed by atoms with Gasteiger partial charge in [-0.3, -0.25) is 9.59 Å². The molecule has 0 saturated carbocycles. The molecule has 0 fully saturated rings. The number of carbonyl (C=O) groups excluding carboxylic acids is 2. The molecule has 2 aromatic carbocycles. The number of amides is 2. The van der Waals surface area contributed by atoms with Crippen LogP contribution in [0.15, 0.2) is 59.1 Å². The first-order valence-electron chi connectivity index (χ1n) is 7.92. The Labute approximate surface area is 150 Å². The molecule has 2 aromatic rings. The molecule has 4 nitrogen and oxygen atoms in total. The molecule has 0 aliphatic rings. The Kier molecular flexibility index (Phi) is 7.00. The Hall–Kier alpha value is -2.14. The highest BCUT2D eigenvalue weighted by Crippen LogP contribution is 2.15. The summed E-state index contributed by atoms with van der Waals surface area (Å²) in [6, 6.07) is 17.3. The molecule has 0 saturated heterocycles. The second-order valence-electron chi connectivity index (χ2n) is 5.66. The molecule has 0 spiro atoms. The molecule has 5 heteroatoms. The largest absolute Gasteiger partial charge is 0.352 e. The molecule has 24 heavy (non-hydrogen) atoms. The maximum atomic E-state index is 12.0. The van der Waals surface area contributed by atoms with Gasteiger partial charge in [-0.1, -0.05) is 42.5 Å². The van der Waals surface area contributed by atoms with Crippen LogP contribution in [0.4, 0.5) is 0 Å². The monoisotopic (exact) mass is 388 g/mol. The molecule has 0 aromatic heterocycles. The van der Waals surface area contributed by atoms with Crippen molar-refractivity contribution in [2.24, 2.45) is 0 Å². The third-order valence-electron chi connectivity index (χ3n) is 3.64. The smallest absolute Gasteiger partial charge is 0.252 e. The van der Waals surface area contributed by atoms with Crippen LogP contribution in [0.1, 0.15) is 29.3 Å². The van der Waals surface area contributed by atoms with E-state index in [4.69, 9.17) is 0 Å². The van der Waals surface area contributed by atoms with Crippen molar-refractivity contribution < 1.29 is 9.59 Å². The summed E-state index contributed by atoms with van der Waals surface area (Å²) in [5, 5.41) is 5.54. The number of halogens is 1. The van der Waals surface area contributed by atoms with Crippen molar-refractivity contribution in [3.63, 3.8) is 0 Å². The Morgan fingerprint density at radius 1 is 1.04 bits per heavy atom. The van der Waals surface area contributed by atoms with Crippen LogP contribution < -0.4 is 10.6 Å². The minimum atomic E-state index is -0.269. The predicted octanol–water partition coefficient (Wildman–Crippen LogP) is 3.32. The van der Waals surface area contributed by atoms with Gasteiger partial charge in [-0.2, -0.15) is 0 Å². The lowest BCUT2D eigenvalue weighted by Crippen LogP contribution is -2.41. The zero-order valence-corrected chi connectivity index (χ0v) is 15.2. The van der Waals surface area contributed by atoms with Gasteiger partial charge in [0.25, 0.3) is 5.91 Å². The summed E-state index contributed by atoms with van der Waals surface area (Å²) in [7, 11) is 0. The first-order chi connectivity index (χ1) is 11.6. The van der Waals surface area contributed by atoms with Crippen LogP contribution in [0.3, 0.4) is 0 Å². The number of hydrogen-bond donors (Lipinski definition) is 2. The molecule has 0 radical (unpaired) electrons. The minimum Gasteiger partial charge on any atom is -0.352 e. The highest BCUT2D eigenvalue weighted by atomic mass is 79.9. The van der Waals surface area contributed by atoms with Crippen LogP contribution in [-0.2, 0) is 11.2 Å². The van der Waals surface area contributed by atoms with Gasteiger partial charge in [0, 0.05) is 10.5 Å². The Bertz CT molecular complexity index is 689. The highest BCUT2D eigenvalue weighted by Gasteiger charge is 2.12. The maximum absolute atomic E-state index is 12.0. The summed E-state index contributed by atoms with van der Waals surface area (Å²) in [6.07, 6.45) is 1.76. The number of benzene rings is 2. The molecule has 0 heterocycles. The minimum absolute atomic E-state index is 0.0319. The summed E-state index contributed by atoms with van der Waals surface area (Å²) in [5.74, 6) is -0.453. The second kappa shape index (κ2) is 9.23. The first-order valence-corrected chi connectivity index (χ1v) is 8.71. The summed E-state index contributed by atoms with van der Waals surface area (Å²) in [4.78, 5) is 24.0. The van der Waals surface area contributed by atoms with Crippen LogP contribution in [-0.4, -0.2) is 24.4 Å². The van der Waals surface area contributed by atoms with Crippen molar-refractivity contribution in [2.45, 2.75) is 25.8 Å². The highest BCUT2D eigenvalue weighted by molar-refractivity contribution is 9.10. The van der Waals surface area contributed by atoms with E-state index >= 15 is 0 Å². The van der Waals surface area contributed by atoms with Crippen molar-refractivity contribution in [1.82, 2.24) is 10.6 Å². The molecule has 2 amide bonds. The van der Waals surface area contributed by atoms with Gasteiger partial charge in [-0.25, -0.2) is 0 Å². The molecular formula is C19H21BrN2O2. The Morgan fingerprint density at radius 2 is 1.71 bits per heavy atom. The van der Waals surface area contributed by atoms with Crippen molar-refractivity contribution in [3.8, 4) is 0 Å². The van der Waals surface area contributed by atoms with E-state index in [1.807, 2.05) is 31.2 Å². The van der Waals surface area contributed by atoms with Gasteiger partial charge in [0.2, 0.25) is 5.91 Å². The normalized spacial score (nSPS) is 11.6. The summed E-state index contributed by atoms with van der Waals surface area (Å²) in [6.45, 7) is 1.94. The Morgan fingerprint density at radius 3 is 2.42 bits per heavy atom. The lowest BCUT2D eigenvalue weighted by molar-refractivity contribution is -0.120. The zero-order valence-electron chi connectivity index (χ0n) is 13.6. The summed E-state index contributed by atoms with van der Waals surface area (Å²) >= 11 is 3.33. The number of rotatable bonds is 7. The summed E-state index contributed by atoms with van der Waals surface area (Å²) < 4.78 is 0.708. The van der Waals surface area contributed by atoms with Crippen LogP contribution in [0, 0.1) is 0 Å². The summed E-state index contributed by atoms with van der Waals surface area (Å²) in [5.41, 5.74) is 1.77. The average molecular weight is 389 g/mol. The molecule has 0 aliphatic carbocycles. The van der Waals surface area contributed by atoms with Gasteiger partial charge >= 0.3 is 0 Å². The second-order valence-corrected chi connectivity index (χ2v) is 6.51. The molecule has 1 atom stereocenters. The van der Waals surface area contributed by atoms with Crippen molar-refractivity contribution in [1.29, 1.82) is 0 Å². The first kappa shape index (κ1) is 18.2. The number of aryl methyl sites for hydroxylation is 1. The zero-order chi connectivity index (χ0) is 17.4. The molecule has 126 valence electrons. The fraction of sp³-hybridized carbons (Fsp3) is 0.263. The molecule has 0 unspecified atom stereocenters. The molecule has 0 bridgehead atoms.